The van der Waals surface area contributed by atoms with Crippen molar-refractivity contribution in [2.45, 2.75) is 0 Å². The molecule has 1 heterocycles. The Hall–Kier alpha value is -2.04. The number of nitro benzene ring substituents is 1. The predicted molar refractivity (Wildman–Crippen MR) is 72.1 cm³/mol. The second-order valence-corrected chi connectivity index (χ2v) is 4.64. The summed E-state index contributed by atoms with van der Waals surface area (Å²) in [5.74, 6) is -0.859. The Morgan fingerprint density at radius 1 is 1.53 bits per heavy atom. The lowest BCUT2D eigenvalue weighted by Crippen LogP contribution is -2.06. The quantitative estimate of drug-likeness (QED) is 0.350. The van der Waals surface area contributed by atoms with Crippen molar-refractivity contribution in [3.8, 4) is 5.69 Å². The molecule has 1 aromatic carbocycles. The fourth-order valence-electron chi connectivity index (χ4n) is 1.40. The molecule has 19 heavy (non-hydrogen) atoms. The number of carbonyl (C=O) groups excluding carboxylic acids is 1. The number of ether oxygens (including phenoxy) is 1. The van der Waals surface area contributed by atoms with E-state index in [-0.39, 0.29) is 17.2 Å². The van der Waals surface area contributed by atoms with Gasteiger partial charge in [0.15, 0.2) is 0 Å². The topological polar surface area (TPSA) is 100 Å². The number of esters is 1. The highest BCUT2D eigenvalue weighted by molar-refractivity contribution is 14.1. The smallest absolute Gasteiger partial charge is 0.377 e. The zero-order valence-electron chi connectivity index (χ0n) is 9.61. The van der Waals surface area contributed by atoms with Crippen LogP contribution in [0.2, 0.25) is 0 Å². The summed E-state index contributed by atoms with van der Waals surface area (Å²) in [7, 11) is 1.20. The minimum absolute atomic E-state index is 0.117. The van der Waals surface area contributed by atoms with Crippen LogP contribution in [0.5, 0.6) is 0 Å². The standard InChI is InChI=1S/C10H7IN4O4/c1-19-10(16)9-12-5-14(13-9)7-3-2-6(11)4-8(7)15(17)18/h2-5H,1H3. The minimum atomic E-state index is -0.702. The molecular weight excluding hydrogens is 367 g/mol. The van der Waals surface area contributed by atoms with Crippen LogP contribution in [0.1, 0.15) is 10.6 Å². The Bertz CT molecular complexity index is 655. The molecule has 98 valence electrons. The Balaban J connectivity index is 2.50. The lowest BCUT2D eigenvalue weighted by Gasteiger charge is -2.02. The number of halogens is 1. The number of benzene rings is 1. The Labute approximate surface area is 120 Å². The molecule has 0 aliphatic rings. The summed E-state index contributed by atoms with van der Waals surface area (Å²) in [5, 5.41) is 14.8. The van der Waals surface area contributed by atoms with Gasteiger partial charge in [-0.1, -0.05) is 0 Å². The van der Waals surface area contributed by atoms with Crippen LogP contribution in [-0.4, -0.2) is 32.8 Å². The van der Waals surface area contributed by atoms with Crippen LogP contribution in [0.25, 0.3) is 5.69 Å². The summed E-state index contributed by atoms with van der Waals surface area (Å²) in [6.45, 7) is 0. The van der Waals surface area contributed by atoms with Gasteiger partial charge < -0.3 is 4.74 Å². The van der Waals surface area contributed by atoms with Gasteiger partial charge in [0.1, 0.15) is 12.0 Å². The van der Waals surface area contributed by atoms with Gasteiger partial charge in [0.05, 0.1) is 12.0 Å². The number of rotatable bonds is 3. The van der Waals surface area contributed by atoms with Gasteiger partial charge in [0, 0.05) is 9.64 Å². The second kappa shape index (κ2) is 5.30. The van der Waals surface area contributed by atoms with E-state index in [0.29, 0.717) is 0 Å². The molecule has 1 aromatic heterocycles. The van der Waals surface area contributed by atoms with Crippen molar-refractivity contribution in [3.05, 3.63) is 44.0 Å². The van der Waals surface area contributed by atoms with E-state index in [0.717, 1.165) is 3.57 Å². The fraction of sp³-hybridized carbons (Fsp3) is 0.100. The molecule has 0 saturated heterocycles. The fourth-order valence-corrected chi connectivity index (χ4v) is 1.88. The van der Waals surface area contributed by atoms with Crippen molar-refractivity contribution in [1.29, 1.82) is 0 Å². The molecule has 0 aliphatic carbocycles. The molecule has 0 aliphatic heterocycles. The maximum absolute atomic E-state index is 11.2. The first kappa shape index (κ1) is 13.4. The monoisotopic (exact) mass is 374 g/mol. The van der Waals surface area contributed by atoms with Gasteiger partial charge in [-0.2, -0.15) is 0 Å². The summed E-state index contributed by atoms with van der Waals surface area (Å²) in [6, 6.07) is 4.65. The van der Waals surface area contributed by atoms with E-state index in [2.05, 4.69) is 14.8 Å². The summed E-state index contributed by atoms with van der Waals surface area (Å²) in [6.07, 6.45) is 1.22. The Morgan fingerprint density at radius 3 is 2.89 bits per heavy atom. The number of carbonyl (C=O) groups is 1. The molecular formula is C10H7IN4O4. The molecule has 8 nitrogen and oxygen atoms in total. The first-order chi connectivity index (χ1) is 9.02. The molecule has 0 atom stereocenters. The van der Waals surface area contributed by atoms with Gasteiger partial charge in [-0.3, -0.25) is 10.1 Å². The van der Waals surface area contributed by atoms with Crippen LogP contribution >= 0.6 is 22.6 Å². The van der Waals surface area contributed by atoms with Gasteiger partial charge in [0.2, 0.25) is 0 Å². The molecule has 0 fully saturated rings. The van der Waals surface area contributed by atoms with Crippen molar-refractivity contribution in [2.24, 2.45) is 0 Å². The van der Waals surface area contributed by atoms with Crippen molar-refractivity contribution in [3.63, 3.8) is 0 Å². The highest BCUT2D eigenvalue weighted by atomic mass is 127. The average molecular weight is 374 g/mol. The molecule has 0 unspecified atom stereocenters. The van der Waals surface area contributed by atoms with Crippen molar-refractivity contribution in [1.82, 2.24) is 14.8 Å². The van der Waals surface area contributed by atoms with Crippen molar-refractivity contribution < 1.29 is 14.5 Å². The van der Waals surface area contributed by atoms with Crippen LogP contribution < -0.4 is 0 Å². The van der Waals surface area contributed by atoms with E-state index in [4.69, 9.17) is 0 Å². The van der Waals surface area contributed by atoms with Crippen LogP contribution in [0.3, 0.4) is 0 Å². The number of hydrogen-bond acceptors (Lipinski definition) is 6. The number of methoxy groups -OCH3 is 1. The number of nitro groups is 1. The van der Waals surface area contributed by atoms with Crippen molar-refractivity contribution in [2.75, 3.05) is 7.11 Å². The molecule has 0 spiro atoms. The highest BCUT2D eigenvalue weighted by Crippen LogP contribution is 2.24. The van der Waals surface area contributed by atoms with E-state index < -0.39 is 10.9 Å². The maximum atomic E-state index is 11.2. The molecule has 2 rings (SSSR count). The number of nitrogens with zero attached hydrogens (tertiary/aromatic N) is 4. The Morgan fingerprint density at radius 2 is 2.26 bits per heavy atom. The second-order valence-electron chi connectivity index (χ2n) is 3.39. The number of hydrogen-bond donors (Lipinski definition) is 0. The molecule has 2 aromatic rings. The van der Waals surface area contributed by atoms with Gasteiger partial charge in [-0.05, 0) is 34.7 Å². The molecule has 0 saturated carbocycles. The SMILES string of the molecule is COC(=O)c1ncn(-c2ccc(I)cc2[N+](=O)[O-])n1. The summed E-state index contributed by atoms with van der Waals surface area (Å²) in [4.78, 5) is 25.5. The Kier molecular flexibility index (Phi) is 3.74. The number of aromatic nitrogens is 3. The molecule has 0 amide bonds. The first-order valence-corrected chi connectivity index (χ1v) is 6.05. The third-order valence-electron chi connectivity index (χ3n) is 2.24. The lowest BCUT2D eigenvalue weighted by atomic mass is 10.3. The highest BCUT2D eigenvalue weighted by Gasteiger charge is 2.19. The normalized spacial score (nSPS) is 10.2. The van der Waals surface area contributed by atoms with Gasteiger partial charge >= 0.3 is 5.97 Å². The van der Waals surface area contributed by atoms with Gasteiger partial charge in [0.25, 0.3) is 11.5 Å². The third kappa shape index (κ3) is 2.70. The van der Waals surface area contributed by atoms with Crippen LogP contribution in [0.4, 0.5) is 5.69 Å². The van der Waals surface area contributed by atoms with Crippen LogP contribution in [0.15, 0.2) is 24.5 Å². The van der Waals surface area contributed by atoms with E-state index in [1.165, 1.54) is 30.3 Å². The predicted octanol–water partition coefficient (Wildman–Crippen LogP) is 1.57. The minimum Gasteiger partial charge on any atom is -0.463 e. The van der Waals surface area contributed by atoms with E-state index in [1.807, 2.05) is 22.6 Å². The zero-order valence-corrected chi connectivity index (χ0v) is 11.8. The van der Waals surface area contributed by atoms with E-state index in [1.54, 1.807) is 6.07 Å². The molecule has 9 heteroatoms. The van der Waals surface area contributed by atoms with Crippen LogP contribution in [-0.2, 0) is 4.74 Å². The average Bonchev–Trinajstić information content (AvgIpc) is 2.87. The van der Waals surface area contributed by atoms with Gasteiger partial charge in [-0.15, -0.1) is 5.10 Å². The van der Waals surface area contributed by atoms with E-state index >= 15 is 0 Å². The summed E-state index contributed by atoms with van der Waals surface area (Å²) in [5.41, 5.74) is 0.112. The summed E-state index contributed by atoms with van der Waals surface area (Å²) >= 11 is 1.97. The van der Waals surface area contributed by atoms with Crippen molar-refractivity contribution >= 4 is 34.2 Å². The largest absolute Gasteiger partial charge is 0.463 e. The van der Waals surface area contributed by atoms with Gasteiger partial charge in [-0.25, -0.2) is 14.5 Å². The molecule has 0 bridgehead atoms. The third-order valence-corrected chi connectivity index (χ3v) is 2.91. The van der Waals surface area contributed by atoms with E-state index in [9.17, 15) is 14.9 Å². The first-order valence-electron chi connectivity index (χ1n) is 4.97. The van der Waals surface area contributed by atoms with Crippen LogP contribution in [0, 0.1) is 13.7 Å². The molecule has 0 radical (unpaired) electrons. The molecule has 0 N–H and O–H groups in total. The zero-order chi connectivity index (χ0) is 14.0. The lowest BCUT2D eigenvalue weighted by molar-refractivity contribution is -0.384. The maximum Gasteiger partial charge on any atom is 0.377 e. The summed E-state index contributed by atoms with van der Waals surface area (Å²) < 4.78 is 6.36.